The third-order valence-electron chi connectivity index (χ3n) is 2.88. The number of rotatable bonds is 1. The van der Waals surface area contributed by atoms with Gasteiger partial charge in [-0.05, 0) is 43.4 Å². The molecule has 1 aliphatic carbocycles. The number of Topliss-reactive ketones (excluding diaryl/α,β-unsaturated/α-hetero) is 1. The molecule has 1 atom stereocenters. The van der Waals surface area contributed by atoms with E-state index in [1.54, 1.807) is 6.92 Å². The molecular weight excluding hydrogens is 174 g/mol. The van der Waals surface area contributed by atoms with Gasteiger partial charge in [-0.15, -0.1) is 0 Å². The van der Waals surface area contributed by atoms with Gasteiger partial charge in [-0.25, -0.2) is 0 Å². The molecule has 1 aromatic carbocycles. The Kier molecular flexibility index (Phi) is 2.38. The standard InChI is InChI=1S/C12H15NO/c1-8(14)10-3-2-9-4-5-12(13)7-11(9)6-10/h2-3,6,12H,4-5,7,13H2,1H3. The van der Waals surface area contributed by atoms with Gasteiger partial charge in [0.05, 0.1) is 0 Å². The average molecular weight is 189 g/mol. The molecule has 2 N–H and O–H groups in total. The third-order valence-corrected chi connectivity index (χ3v) is 2.88. The molecule has 0 saturated heterocycles. The highest BCUT2D eigenvalue weighted by Crippen LogP contribution is 2.21. The summed E-state index contributed by atoms with van der Waals surface area (Å²) in [4.78, 5) is 11.2. The fraction of sp³-hybridized carbons (Fsp3) is 0.417. The summed E-state index contributed by atoms with van der Waals surface area (Å²) >= 11 is 0. The topological polar surface area (TPSA) is 43.1 Å². The highest BCUT2D eigenvalue weighted by atomic mass is 16.1. The molecule has 0 amide bonds. The number of ketones is 1. The fourth-order valence-corrected chi connectivity index (χ4v) is 2.00. The van der Waals surface area contributed by atoms with Gasteiger partial charge in [0.2, 0.25) is 0 Å². The van der Waals surface area contributed by atoms with Crippen LogP contribution < -0.4 is 5.73 Å². The van der Waals surface area contributed by atoms with Crippen LogP contribution in [0.4, 0.5) is 0 Å². The van der Waals surface area contributed by atoms with Crippen molar-refractivity contribution in [3.8, 4) is 0 Å². The second-order valence-electron chi connectivity index (χ2n) is 4.04. The molecule has 74 valence electrons. The van der Waals surface area contributed by atoms with Crippen LogP contribution in [-0.2, 0) is 12.8 Å². The first kappa shape index (κ1) is 9.41. The number of aryl methyl sites for hydroxylation is 1. The maximum Gasteiger partial charge on any atom is 0.159 e. The largest absolute Gasteiger partial charge is 0.327 e. The van der Waals surface area contributed by atoms with Crippen molar-refractivity contribution in [1.82, 2.24) is 0 Å². The Morgan fingerprint density at radius 3 is 2.93 bits per heavy atom. The smallest absolute Gasteiger partial charge is 0.159 e. The lowest BCUT2D eigenvalue weighted by Crippen LogP contribution is -2.27. The van der Waals surface area contributed by atoms with E-state index in [1.807, 2.05) is 12.1 Å². The van der Waals surface area contributed by atoms with E-state index in [2.05, 4.69) is 6.07 Å². The summed E-state index contributed by atoms with van der Waals surface area (Å²) in [5, 5.41) is 0. The third kappa shape index (κ3) is 1.70. The zero-order chi connectivity index (χ0) is 10.1. The molecule has 0 radical (unpaired) electrons. The van der Waals surface area contributed by atoms with Gasteiger partial charge in [-0.3, -0.25) is 4.79 Å². The van der Waals surface area contributed by atoms with Crippen LogP contribution in [0, 0.1) is 0 Å². The van der Waals surface area contributed by atoms with Crippen molar-refractivity contribution in [3.05, 3.63) is 34.9 Å². The highest BCUT2D eigenvalue weighted by molar-refractivity contribution is 5.94. The summed E-state index contributed by atoms with van der Waals surface area (Å²) < 4.78 is 0. The molecule has 2 rings (SSSR count). The molecule has 0 spiro atoms. The van der Waals surface area contributed by atoms with Crippen LogP contribution in [0.1, 0.15) is 34.8 Å². The molecule has 0 saturated carbocycles. The van der Waals surface area contributed by atoms with Crippen molar-refractivity contribution in [2.24, 2.45) is 5.73 Å². The van der Waals surface area contributed by atoms with Crippen LogP contribution in [0.2, 0.25) is 0 Å². The zero-order valence-corrected chi connectivity index (χ0v) is 8.42. The molecule has 0 fully saturated rings. The molecule has 0 aliphatic heterocycles. The van der Waals surface area contributed by atoms with E-state index < -0.39 is 0 Å². The van der Waals surface area contributed by atoms with E-state index >= 15 is 0 Å². The summed E-state index contributed by atoms with van der Waals surface area (Å²) in [6.07, 6.45) is 3.03. The summed E-state index contributed by atoms with van der Waals surface area (Å²) in [5.41, 5.74) is 9.31. The van der Waals surface area contributed by atoms with Crippen molar-refractivity contribution in [2.75, 3.05) is 0 Å². The Balaban J connectivity index is 2.37. The van der Waals surface area contributed by atoms with Crippen molar-refractivity contribution in [1.29, 1.82) is 0 Å². The summed E-state index contributed by atoms with van der Waals surface area (Å²) in [7, 11) is 0. The van der Waals surface area contributed by atoms with E-state index in [-0.39, 0.29) is 11.8 Å². The minimum absolute atomic E-state index is 0.131. The summed E-state index contributed by atoms with van der Waals surface area (Å²) in [5.74, 6) is 0.131. The van der Waals surface area contributed by atoms with E-state index in [0.29, 0.717) is 0 Å². The van der Waals surface area contributed by atoms with Crippen LogP contribution in [0.25, 0.3) is 0 Å². The number of hydrogen-bond acceptors (Lipinski definition) is 2. The molecule has 2 heteroatoms. The zero-order valence-electron chi connectivity index (χ0n) is 8.42. The first-order valence-corrected chi connectivity index (χ1v) is 5.05. The summed E-state index contributed by atoms with van der Waals surface area (Å²) in [6.45, 7) is 1.60. The van der Waals surface area contributed by atoms with Crippen LogP contribution in [0.3, 0.4) is 0 Å². The molecule has 1 unspecified atom stereocenters. The lowest BCUT2D eigenvalue weighted by atomic mass is 9.87. The Hall–Kier alpha value is -1.15. The lowest BCUT2D eigenvalue weighted by molar-refractivity contribution is 0.101. The molecule has 0 aromatic heterocycles. The maximum absolute atomic E-state index is 11.2. The number of fused-ring (bicyclic) bond motifs is 1. The second-order valence-corrected chi connectivity index (χ2v) is 4.04. The monoisotopic (exact) mass is 189 g/mol. The molecular formula is C12H15NO. The van der Waals surface area contributed by atoms with Crippen LogP contribution in [-0.4, -0.2) is 11.8 Å². The number of hydrogen-bond donors (Lipinski definition) is 1. The average Bonchev–Trinajstić information content (AvgIpc) is 2.16. The molecule has 2 nitrogen and oxygen atoms in total. The van der Waals surface area contributed by atoms with Crippen molar-refractivity contribution >= 4 is 5.78 Å². The fourth-order valence-electron chi connectivity index (χ4n) is 2.00. The quantitative estimate of drug-likeness (QED) is 0.683. The van der Waals surface area contributed by atoms with Gasteiger partial charge in [-0.1, -0.05) is 12.1 Å². The van der Waals surface area contributed by atoms with Gasteiger partial charge in [0.1, 0.15) is 0 Å². The van der Waals surface area contributed by atoms with Gasteiger partial charge in [0.15, 0.2) is 5.78 Å². The number of nitrogens with two attached hydrogens (primary N) is 1. The van der Waals surface area contributed by atoms with E-state index in [0.717, 1.165) is 24.8 Å². The molecule has 14 heavy (non-hydrogen) atoms. The van der Waals surface area contributed by atoms with E-state index in [1.165, 1.54) is 11.1 Å². The van der Waals surface area contributed by atoms with Crippen LogP contribution >= 0.6 is 0 Å². The Bertz CT molecular complexity index is 371. The van der Waals surface area contributed by atoms with Crippen LogP contribution in [0.15, 0.2) is 18.2 Å². The maximum atomic E-state index is 11.2. The summed E-state index contributed by atoms with van der Waals surface area (Å²) in [6, 6.07) is 6.25. The van der Waals surface area contributed by atoms with Gasteiger partial charge < -0.3 is 5.73 Å². The molecule has 0 heterocycles. The Labute approximate surface area is 84.1 Å². The van der Waals surface area contributed by atoms with Gasteiger partial charge >= 0.3 is 0 Å². The van der Waals surface area contributed by atoms with Gasteiger partial charge in [0.25, 0.3) is 0 Å². The normalized spacial score (nSPS) is 20.3. The van der Waals surface area contributed by atoms with E-state index in [9.17, 15) is 4.79 Å². The molecule has 0 bridgehead atoms. The predicted molar refractivity (Wildman–Crippen MR) is 56.4 cm³/mol. The highest BCUT2D eigenvalue weighted by Gasteiger charge is 2.15. The second kappa shape index (κ2) is 3.54. The van der Waals surface area contributed by atoms with Gasteiger partial charge in [0, 0.05) is 11.6 Å². The van der Waals surface area contributed by atoms with E-state index in [4.69, 9.17) is 5.73 Å². The first-order chi connectivity index (χ1) is 6.66. The molecule has 1 aliphatic rings. The van der Waals surface area contributed by atoms with Crippen molar-refractivity contribution in [3.63, 3.8) is 0 Å². The number of benzene rings is 1. The van der Waals surface area contributed by atoms with Crippen LogP contribution in [0.5, 0.6) is 0 Å². The minimum atomic E-state index is 0.131. The molecule has 1 aromatic rings. The Morgan fingerprint density at radius 1 is 1.43 bits per heavy atom. The van der Waals surface area contributed by atoms with Gasteiger partial charge in [-0.2, -0.15) is 0 Å². The Morgan fingerprint density at radius 2 is 2.21 bits per heavy atom. The van der Waals surface area contributed by atoms with Crippen molar-refractivity contribution in [2.45, 2.75) is 32.2 Å². The lowest BCUT2D eigenvalue weighted by Gasteiger charge is -2.21. The SMILES string of the molecule is CC(=O)c1ccc2c(c1)CC(N)CC2. The van der Waals surface area contributed by atoms with Crippen molar-refractivity contribution < 1.29 is 4.79 Å². The predicted octanol–water partition coefficient (Wildman–Crippen LogP) is 1.71. The number of carbonyl (C=O) groups is 1. The first-order valence-electron chi connectivity index (χ1n) is 5.05. The minimum Gasteiger partial charge on any atom is -0.327 e. The number of carbonyl (C=O) groups excluding carboxylic acids is 1.